The van der Waals surface area contributed by atoms with Crippen LogP contribution in [-0.4, -0.2) is 29.9 Å². The first kappa shape index (κ1) is 32.4. The molecule has 1 unspecified atom stereocenters. The Hall–Kier alpha value is -1.63. The Morgan fingerprint density at radius 2 is 1.32 bits per heavy atom. The monoisotopic (exact) mass is 323 g/mol. The van der Waals surface area contributed by atoms with Gasteiger partial charge in [-0.25, -0.2) is 0 Å². The molecule has 0 aliphatic heterocycles. The van der Waals surface area contributed by atoms with Crippen LogP contribution in [0, 0.1) is 5.92 Å². The summed E-state index contributed by atoms with van der Waals surface area (Å²) >= 11 is 0. The molecule has 0 saturated heterocycles. The molecule has 0 aliphatic carbocycles. The van der Waals surface area contributed by atoms with E-state index in [9.17, 15) is 14.4 Å². The van der Waals surface area contributed by atoms with Crippen molar-refractivity contribution in [3.8, 4) is 0 Å². The average molecular weight is 323 g/mol. The van der Waals surface area contributed by atoms with Gasteiger partial charge >= 0.3 is 5.97 Å². The second-order valence-corrected chi connectivity index (χ2v) is 3.88. The van der Waals surface area contributed by atoms with Gasteiger partial charge in [-0.3, -0.25) is 14.4 Å². The number of primary amides is 2. The maximum Gasteiger partial charge on any atom is 0.303 e. The van der Waals surface area contributed by atoms with Crippen molar-refractivity contribution >= 4 is 17.8 Å². The number of carbonyl (C=O) groups is 3. The van der Waals surface area contributed by atoms with Crippen LogP contribution in [0.15, 0.2) is 0 Å². The number of rotatable bonds is 5. The Bertz CT molecular complexity index is 243. The normalized spacial score (nSPS) is 8.73. The molecule has 2 amide bonds. The summed E-state index contributed by atoms with van der Waals surface area (Å²) in [5.74, 6) is -0.707. The van der Waals surface area contributed by atoms with Crippen LogP contribution < -0.4 is 17.2 Å². The third kappa shape index (κ3) is 102. The summed E-state index contributed by atoms with van der Waals surface area (Å²) in [7, 11) is 1.50. The number of nitrogens with two attached hydrogens (primary N) is 3. The fourth-order valence-electron chi connectivity index (χ4n) is 0.574. The van der Waals surface area contributed by atoms with Crippen LogP contribution in [0.5, 0.6) is 0 Å². The summed E-state index contributed by atoms with van der Waals surface area (Å²) in [5.41, 5.74) is 13.6. The highest BCUT2D eigenvalue weighted by Crippen LogP contribution is 2.08. The molecule has 0 rings (SSSR count). The lowest BCUT2D eigenvalue weighted by atomic mass is 10.0. The van der Waals surface area contributed by atoms with Crippen LogP contribution in [0.2, 0.25) is 0 Å². The average Bonchev–Trinajstić information content (AvgIpc) is 2.48. The van der Waals surface area contributed by atoms with Crippen molar-refractivity contribution in [3.05, 3.63) is 0 Å². The van der Waals surface area contributed by atoms with Crippen LogP contribution >= 0.6 is 0 Å². The van der Waals surface area contributed by atoms with Gasteiger partial charge in [0.1, 0.15) is 0 Å². The second-order valence-electron chi connectivity index (χ2n) is 3.88. The summed E-state index contributed by atoms with van der Waals surface area (Å²) < 4.78 is 0. The van der Waals surface area contributed by atoms with E-state index in [1.165, 1.54) is 14.0 Å². The van der Waals surface area contributed by atoms with Crippen molar-refractivity contribution in [3.63, 3.8) is 0 Å². The van der Waals surface area contributed by atoms with Crippen molar-refractivity contribution in [2.24, 2.45) is 23.1 Å². The minimum Gasteiger partial charge on any atom is -0.481 e. The Balaban J connectivity index is -0.0000000633. The number of amides is 2. The molecule has 1 atom stereocenters. The molecular weight excluding hydrogens is 286 g/mol. The molecule has 0 spiro atoms. The van der Waals surface area contributed by atoms with Gasteiger partial charge in [-0.05, 0) is 19.4 Å². The zero-order chi connectivity index (χ0) is 19.1. The number of hydrogen-bond acceptors (Lipinski definition) is 4. The van der Waals surface area contributed by atoms with Crippen LogP contribution in [0.25, 0.3) is 0 Å². The zero-order valence-corrected chi connectivity index (χ0v) is 15.3. The summed E-state index contributed by atoms with van der Waals surface area (Å²) in [5, 5.41) is 8.26. The lowest BCUT2D eigenvalue weighted by Crippen LogP contribution is -2.06. The van der Waals surface area contributed by atoms with Crippen LogP contribution in [0.4, 0.5) is 0 Å². The molecule has 7 nitrogen and oxygen atoms in total. The van der Waals surface area contributed by atoms with Crippen molar-refractivity contribution in [1.82, 2.24) is 0 Å². The van der Waals surface area contributed by atoms with Crippen molar-refractivity contribution < 1.29 is 19.5 Å². The highest BCUT2D eigenvalue weighted by molar-refractivity contribution is 5.73. The molecule has 0 heterocycles. The molecule has 136 valence electrons. The lowest BCUT2D eigenvalue weighted by Gasteiger charge is -2.03. The van der Waals surface area contributed by atoms with E-state index in [1.54, 1.807) is 6.92 Å². The first-order valence-electron chi connectivity index (χ1n) is 7.51. The topological polar surface area (TPSA) is 150 Å². The number of carboxylic acid groups (broad SMARTS) is 1. The number of aliphatic carboxylic acids is 1. The quantitative estimate of drug-likeness (QED) is 0.609. The summed E-state index contributed by atoms with van der Waals surface area (Å²) in [6, 6.07) is 0. The van der Waals surface area contributed by atoms with Gasteiger partial charge in [-0.15, -0.1) is 0 Å². The van der Waals surface area contributed by atoms with E-state index in [0.717, 1.165) is 12.8 Å². The van der Waals surface area contributed by atoms with Gasteiger partial charge in [0.05, 0.1) is 0 Å². The molecular formula is C15H37N3O4. The van der Waals surface area contributed by atoms with E-state index in [4.69, 9.17) is 5.11 Å². The fourth-order valence-corrected chi connectivity index (χ4v) is 0.574. The Kier molecular flexibility index (Phi) is 46.5. The third-order valence-electron chi connectivity index (χ3n) is 1.90. The molecule has 7 N–H and O–H groups in total. The molecule has 0 aromatic heterocycles. The van der Waals surface area contributed by atoms with E-state index >= 15 is 0 Å². The fraction of sp³-hybridized carbons (Fsp3) is 0.800. The maximum absolute atomic E-state index is 10.0. The number of carbonyl (C=O) groups excluding carboxylic acids is 2. The lowest BCUT2D eigenvalue weighted by molar-refractivity contribution is -0.137. The standard InChI is InChI=1S/C7H14O2.C3H7NO.C2H5NO.C2H6.CH5N/c1-3-6(2)4-5-7(8)9;1-2-3(4)5;1-2(3)4;2*1-2/h6H,3-5H2,1-2H3,(H,8,9);2H2,1H3,(H2,4,5);1H3,(H2,3,4);1-2H3;2H2,1H3. The number of hydrogen-bond donors (Lipinski definition) is 4. The predicted molar refractivity (Wildman–Crippen MR) is 92.1 cm³/mol. The van der Waals surface area contributed by atoms with Crippen LogP contribution in [-0.2, 0) is 14.4 Å². The number of carboxylic acids is 1. The molecule has 0 saturated carbocycles. The predicted octanol–water partition coefficient (Wildman–Crippen LogP) is 1.87. The van der Waals surface area contributed by atoms with Crippen LogP contribution in [0.3, 0.4) is 0 Å². The molecule has 0 radical (unpaired) electrons. The maximum atomic E-state index is 10.0. The highest BCUT2D eigenvalue weighted by atomic mass is 16.4. The Morgan fingerprint density at radius 1 is 1.05 bits per heavy atom. The van der Waals surface area contributed by atoms with E-state index < -0.39 is 5.97 Å². The Labute approximate surface area is 135 Å². The second kappa shape index (κ2) is 31.7. The highest BCUT2D eigenvalue weighted by Gasteiger charge is 2.01. The van der Waals surface area contributed by atoms with E-state index in [0.29, 0.717) is 18.8 Å². The van der Waals surface area contributed by atoms with Gasteiger partial charge in [0.25, 0.3) is 0 Å². The molecule has 7 heteroatoms. The minimum atomic E-state index is -0.685. The van der Waals surface area contributed by atoms with E-state index in [-0.39, 0.29) is 11.8 Å². The molecule has 22 heavy (non-hydrogen) atoms. The van der Waals surface area contributed by atoms with E-state index in [2.05, 4.69) is 31.0 Å². The first-order chi connectivity index (χ1) is 10.2. The molecule has 0 fully saturated rings. The molecule has 0 aromatic carbocycles. The van der Waals surface area contributed by atoms with Gasteiger partial charge in [-0.1, -0.05) is 41.0 Å². The minimum absolute atomic E-state index is 0.245. The largest absolute Gasteiger partial charge is 0.481 e. The van der Waals surface area contributed by atoms with Gasteiger partial charge < -0.3 is 22.3 Å². The first-order valence-corrected chi connectivity index (χ1v) is 7.51. The van der Waals surface area contributed by atoms with Gasteiger partial charge in [0, 0.05) is 19.8 Å². The zero-order valence-electron chi connectivity index (χ0n) is 15.3. The summed E-state index contributed by atoms with van der Waals surface area (Å²) in [4.78, 5) is 28.8. The molecule has 0 aliphatic rings. The SMILES string of the molecule is CC.CC(N)=O.CCC(C)CCC(=O)O.CCC(N)=O.CN. The Morgan fingerprint density at radius 3 is 1.45 bits per heavy atom. The smallest absolute Gasteiger partial charge is 0.303 e. The third-order valence-corrected chi connectivity index (χ3v) is 1.90. The van der Waals surface area contributed by atoms with Crippen molar-refractivity contribution in [2.75, 3.05) is 7.05 Å². The van der Waals surface area contributed by atoms with Gasteiger partial charge in [-0.2, -0.15) is 0 Å². The molecule has 0 bridgehead atoms. The molecule has 0 aromatic rings. The van der Waals surface area contributed by atoms with Crippen molar-refractivity contribution in [1.29, 1.82) is 0 Å². The van der Waals surface area contributed by atoms with E-state index in [1.807, 2.05) is 13.8 Å². The van der Waals surface area contributed by atoms with Crippen molar-refractivity contribution in [2.45, 2.75) is 67.2 Å². The van der Waals surface area contributed by atoms with Gasteiger partial charge in [0.15, 0.2) is 0 Å². The summed E-state index contributed by atoms with van der Waals surface area (Å²) in [6.45, 7) is 11.2. The van der Waals surface area contributed by atoms with Gasteiger partial charge in [0.2, 0.25) is 11.8 Å². The summed E-state index contributed by atoms with van der Waals surface area (Å²) in [6.07, 6.45) is 2.65. The van der Waals surface area contributed by atoms with Crippen LogP contribution in [0.1, 0.15) is 67.2 Å².